The molecule has 0 radical (unpaired) electrons. The van der Waals surface area contributed by atoms with Gasteiger partial charge in [-0.05, 0) is 52.0 Å². The van der Waals surface area contributed by atoms with Crippen LogP contribution in [0.5, 0.6) is 0 Å². The monoisotopic (exact) mass is 435 g/mol. The van der Waals surface area contributed by atoms with Gasteiger partial charge in [-0.2, -0.15) is 0 Å². The molecule has 0 saturated carbocycles. The second-order valence-corrected chi connectivity index (χ2v) is 7.75. The van der Waals surface area contributed by atoms with Crippen LogP contribution in [0.2, 0.25) is 0 Å². The van der Waals surface area contributed by atoms with Crippen LogP contribution >= 0.6 is 0 Å². The van der Waals surface area contributed by atoms with Gasteiger partial charge in [-0.3, -0.25) is 14.4 Å². The number of rotatable bonds is 13. The highest BCUT2D eigenvalue weighted by molar-refractivity contribution is 5.99. The van der Waals surface area contributed by atoms with E-state index in [-0.39, 0.29) is 12.4 Å². The summed E-state index contributed by atoms with van der Waals surface area (Å²) in [5.41, 5.74) is 0.232. The van der Waals surface area contributed by atoms with Crippen LogP contribution in [0, 0.1) is 0 Å². The van der Waals surface area contributed by atoms with Crippen molar-refractivity contribution in [3.8, 4) is 0 Å². The van der Waals surface area contributed by atoms with Gasteiger partial charge in [0.25, 0.3) is 0 Å². The van der Waals surface area contributed by atoms with E-state index in [1.54, 1.807) is 27.7 Å². The average molecular weight is 435 g/mol. The molecule has 31 heavy (non-hydrogen) atoms. The third-order valence-electron chi connectivity index (χ3n) is 4.33. The zero-order chi connectivity index (χ0) is 23.8. The van der Waals surface area contributed by atoms with Crippen LogP contribution in [-0.4, -0.2) is 65.3 Å². The van der Waals surface area contributed by atoms with Gasteiger partial charge in [-0.25, -0.2) is 4.79 Å². The van der Waals surface area contributed by atoms with E-state index in [0.717, 1.165) is 0 Å². The summed E-state index contributed by atoms with van der Waals surface area (Å²) in [5.74, 6) is -3.11. The van der Waals surface area contributed by atoms with Crippen molar-refractivity contribution in [3.05, 3.63) is 42.0 Å². The summed E-state index contributed by atoms with van der Waals surface area (Å²) in [7, 11) is 0. The molecule has 0 bridgehead atoms. The van der Waals surface area contributed by atoms with Gasteiger partial charge in [0.2, 0.25) is 0 Å². The third-order valence-corrected chi connectivity index (χ3v) is 4.33. The number of ketones is 1. The van der Waals surface area contributed by atoms with Crippen molar-refractivity contribution in [1.82, 2.24) is 0 Å². The molecule has 0 aromatic heterocycles. The Hall–Kier alpha value is -3.20. The van der Waals surface area contributed by atoms with E-state index in [0.29, 0.717) is 23.2 Å². The van der Waals surface area contributed by atoms with Crippen LogP contribution in [0.15, 0.2) is 36.4 Å². The molecule has 0 amide bonds. The summed E-state index contributed by atoms with van der Waals surface area (Å²) in [5, 5.41) is 17.9. The minimum Gasteiger partial charge on any atom is -0.480 e. The van der Waals surface area contributed by atoms with Crippen LogP contribution in [0.25, 0.3) is 0 Å². The Kier molecular flexibility index (Phi) is 9.39. The van der Waals surface area contributed by atoms with Crippen LogP contribution in [0.4, 0.5) is 5.69 Å². The molecule has 0 aliphatic heterocycles. The zero-order valence-corrected chi connectivity index (χ0v) is 18.2. The third kappa shape index (κ3) is 9.00. The first-order chi connectivity index (χ1) is 14.3. The van der Waals surface area contributed by atoms with Crippen molar-refractivity contribution < 1.29 is 38.9 Å². The first-order valence-corrected chi connectivity index (χ1v) is 9.65. The Labute approximate surface area is 181 Å². The Morgan fingerprint density at radius 2 is 1.58 bits per heavy atom. The summed E-state index contributed by atoms with van der Waals surface area (Å²) in [6.45, 7) is 9.40. The molecule has 1 atom stereocenters. The quantitative estimate of drug-likeness (QED) is 0.273. The maximum absolute atomic E-state index is 12.6. The van der Waals surface area contributed by atoms with Gasteiger partial charge in [0.15, 0.2) is 5.78 Å². The number of hydrogen-bond donors (Lipinski definition) is 2. The molecule has 2 N–H and O–H groups in total. The molecule has 0 spiro atoms. The number of anilines is 1. The van der Waals surface area contributed by atoms with Gasteiger partial charge in [-0.15, -0.1) is 0 Å². The Morgan fingerprint density at radius 1 is 1.06 bits per heavy atom. The molecular formula is C22H29NO8. The van der Waals surface area contributed by atoms with Gasteiger partial charge >= 0.3 is 17.9 Å². The lowest BCUT2D eigenvalue weighted by Crippen LogP contribution is -2.34. The molecule has 1 aromatic rings. The zero-order valence-electron chi connectivity index (χ0n) is 18.2. The number of carboxylic acid groups (broad SMARTS) is 2. The fraction of sp³-hybridized carbons (Fsp3) is 0.455. The minimum atomic E-state index is -1.17. The van der Waals surface area contributed by atoms with E-state index < -0.39 is 42.7 Å². The van der Waals surface area contributed by atoms with Crippen molar-refractivity contribution in [2.24, 2.45) is 0 Å². The molecule has 0 saturated heterocycles. The summed E-state index contributed by atoms with van der Waals surface area (Å²) >= 11 is 0. The van der Waals surface area contributed by atoms with Crippen LogP contribution in [0.3, 0.4) is 0 Å². The first-order valence-electron chi connectivity index (χ1n) is 9.65. The highest BCUT2D eigenvalue weighted by Crippen LogP contribution is 2.19. The molecule has 1 unspecified atom stereocenters. The molecule has 1 aromatic carbocycles. The molecule has 170 valence electrons. The molecule has 0 heterocycles. The number of carbonyl (C=O) groups is 4. The number of hydrogen-bond acceptors (Lipinski definition) is 7. The second kappa shape index (κ2) is 11.3. The number of ether oxygens (including phenoxy) is 2. The van der Waals surface area contributed by atoms with Gasteiger partial charge in [0.05, 0.1) is 6.61 Å². The Balaban J connectivity index is 2.69. The lowest BCUT2D eigenvalue weighted by molar-refractivity contribution is -0.153. The number of nitrogens with zero attached hydrogens (tertiary/aromatic N) is 1. The number of Topliss-reactive ketones (excluding diaryl/α,β-unsaturated/α-hetero) is 1. The number of carboxylic acids is 2. The Bertz CT molecular complexity index is 812. The summed E-state index contributed by atoms with van der Waals surface area (Å²) in [6, 6.07) is 5.97. The molecule has 0 aliphatic rings. The molecule has 0 fully saturated rings. The fourth-order valence-corrected chi connectivity index (χ4v) is 2.58. The highest BCUT2D eigenvalue weighted by atomic mass is 16.6. The van der Waals surface area contributed by atoms with Crippen molar-refractivity contribution in [2.45, 2.75) is 45.8 Å². The van der Waals surface area contributed by atoms with E-state index in [1.165, 1.54) is 29.2 Å². The first kappa shape index (κ1) is 25.8. The van der Waals surface area contributed by atoms with E-state index in [2.05, 4.69) is 6.58 Å². The lowest BCUT2D eigenvalue weighted by atomic mass is 10.0. The highest BCUT2D eigenvalue weighted by Gasteiger charge is 2.24. The predicted molar refractivity (Wildman–Crippen MR) is 113 cm³/mol. The van der Waals surface area contributed by atoms with E-state index in [4.69, 9.17) is 19.7 Å². The van der Waals surface area contributed by atoms with Crippen LogP contribution < -0.4 is 4.90 Å². The van der Waals surface area contributed by atoms with Crippen molar-refractivity contribution in [1.29, 1.82) is 0 Å². The summed E-state index contributed by atoms with van der Waals surface area (Å²) in [6.07, 6.45) is -0.380. The molecule has 1 rings (SSSR count). The fourth-order valence-electron chi connectivity index (χ4n) is 2.58. The standard InChI is InChI=1S/C22H29NO8/c1-14(2)21(29)31-22(4,5)10-11-30-15(3)20(28)16-6-8-17(9-7-16)23(12-18(24)25)13-19(26)27/h6-9,15H,1,10-13H2,2-5H3,(H,24,25)(H,26,27). The number of aliphatic carboxylic acids is 2. The number of benzene rings is 1. The van der Waals surface area contributed by atoms with Gasteiger partial charge in [-0.1, -0.05) is 6.58 Å². The van der Waals surface area contributed by atoms with Crippen LogP contribution in [-0.2, 0) is 23.9 Å². The summed E-state index contributed by atoms with van der Waals surface area (Å²) < 4.78 is 10.9. The maximum Gasteiger partial charge on any atom is 0.333 e. The van der Waals surface area contributed by atoms with Gasteiger partial charge in [0, 0.05) is 23.2 Å². The summed E-state index contributed by atoms with van der Waals surface area (Å²) in [4.78, 5) is 47.3. The van der Waals surface area contributed by atoms with Crippen LogP contribution in [0.1, 0.15) is 44.5 Å². The number of esters is 1. The van der Waals surface area contributed by atoms with Crippen molar-refractivity contribution >= 4 is 29.4 Å². The van der Waals surface area contributed by atoms with Gasteiger partial charge < -0.3 is 24.6 Å². The van der Waals surface area contributed by atoms with Gasteiger partial charge in [0.1, 0.15) is 24.8 Å². The number of carbonyl (C=O) groups excluding carboxylic acids is 2. The Morgan fingerprint density at radius 3 is 2.03 bits per heavy atom. The smallest absolute Gasteiger partial charge is 0.333 e. The molecule has 0 aliphatic carbocycles. The topological polar surface area (TPSA) is 130 Å². The lowest BCUT2D eigenvalue weighted by Gasteiger charge is -2.25. The van der Waals surface area contributed by atoms with E-state index in [1.807, 2.05) is 0 Å². The average Bonchev–Trinajstić information content (AvgIpc) is 2.65. The minimum absolute atomic E-state index is 0.187. The predicted octanol–water partition coefficient (Wildman–Crippen LogP) is 2.54. The maximum atomic E-state index is 12.6. The van der Waals surface area contributed by atoms with E-state index >= 15 is 0 Å². The molecule has 9 heteroatoms. The SMILES string of the molecule is C=C(C)C(=O)OC(C)(C)CCOC(C)C(=O)c1ccc(N(CC(=O)O)CC(=O)O)cc1. The van der Waals surface area contributed by atoms with Crippen molar-refractivity contribution in [3.63, 3.8) is 0 Å². The van der Waals surface area contributed by atoms with Crippen molar-refractivity contribution in [2.75, 3.05) is 24.6 Å². The molecular weight excluding hydrogens is 406 g/mol. The normalized spacial score (nSPS) is 12.0. The van der Waals surface area contributed by atoms with E-state index in [9.17, 15) is 19.2 Å². The second-order valence-electron chi connectivity index (χ2n) is 7.75. The largest absolute Gasteiger partial charge is 0.480 e. The molecule has 9 nitrogen and oxygen atoms in total.